The number of benzene rings is 3. The Hall–Kier alpha value is -4.26. The van der Waals surface area contributed by atoms with Crippen molar-refractivity contribution in [3.8, 4) is 22.8 Å². The molecule has 0 bridgehead atoms. The SMILES string of the molecule is CCOC(=O)c1ccc(NC(=O)c2ccccc2-c2nc(-c3cccc(C)c3)no2)cc1. The maximum atomic E-state index is 13.0. The summed E-state index contributed by atoms with van der Waals surface area (Å²) in [7, 11) is 0. The Labute approximate surface area is 185 Å². The highest BCUT2D eigenvalue weighted by atomic mass is 16.5. The van der Waals surface area contributed by atoms with Crippen molar-refractivity contribution in [3.05, 3.63) is 89.5 Å². The van der Waals surface area contributed by atoms with Crippen LogP contribution in [0.15, 0.2) is 77.3 Å². The number of carbonyl (C=O) groups excluding carboxylic acids is 2. The first kappa shape index (κ1) is 21.0. The maximum Gasteiger partial charge on any atom is 0.338 e. The number of nitrogens with zero attached hydrogens (tertiary/aromatic N) is 2. The molecule has 7 heteroatoms. The highest BCUT2D eigenvalue weighted by Crippen LogP contribution is 2.26. The Kier molecular flexibility index (Phi) is 6.07. The van der Waals surface area contributed by atoms with E-state index in [2.05, 4.69) is 15.5 Å². The molecule has 1 N–H and O–H groups in total. The Morgan fingerprint density at radius 2 is 1.78 bits per heavy atom. The van der Waals surface area contributed by atoms with Gasteiger partial charge in [0.1, 0.15) is 0 Å². The first-order valence-corrected chi connectivity index (χ1v) is 10.1. The molecule has 0 atom stereocenters. The third-order valence-corrected chi connectivity index (χ3v) is 4.76. The number of esters is 1. The van der Waals surface area contributed by atoms with Gasteiger partial charge in [0.2, 0.25) is 5.82 Å². The third kappa shape index (κ3) is 4.57. The number of hydrogen-bond acceptors (Lipinski definition) is 6. The van der Waals surface area contributed by atoms with Crippen LogP contribution in [0.2, 0.25) is 0 Å². The molecule has 160 valence electrons. The van der Waals surface area contributed by atoms with E-state index < -0.39 is 5.97 Å². The Morgan fingerprint density at radius 1 is 1.00 bits per heavy atom. The van der Waals surface area contributed by atoms with Crippen molar-refractivity contribution in [2.45, 2.75) is 13.8 Å². The Bertz CT molecular complexity index is 1260. The molecule has 0 spiro atoms. The zero-order valence-corrected chi connectivity index (χ0v) is 17.7. The fourth-order valence-electron chi connectivity index (χ4n) is 3.20. The van der Waals surface area contributed by atoms with Crippen molar-refractivity contribution in [2.24, 2.45) is 0 Å². The van der Waals surface area contributed by atoms with Crippen molar-refractivity contribution in [1.82, 2.24) is 10.1 Å². The standard InChI is InChI=1S/C25H21N3O4/c1-3-31-25(30)17-11-13-19(14-12-17)26-23(29)20-9-4-5-10-21(20)24-27-22(28-32-24)18-8-6-7-16(2)15-18/h4-15H,3H2,1-2H3,(H,26,29). The molecule has 0 unspecified atom stereocenters. The second-order valence-corrected chi connectivity index (χ2v) is 7.09. The van der Waals surface area contributed by atoms with Crippen LogP contribution in [0.3, 0.4) is 0 Å². The minimum atomic E-state index is -0.406. The molecule has 0 saturated heterocycles. The zero-order chi connectivity index (χ0) is 22.5. The molecule has 4 aromatic rings. The molecular formula is C25H21N3O4. The number of amides is 1. The number of nitrogens with one attached hydrogen (secondary N) is 1. The van der Waals surface area contributed by atoms with Gasteiger partial charge in [0, 0.05) is 11.3 Å². The van der Waals surface area contributed by atoms with Gasteiger partial charge in [-0.2, -0.15) is 4.98 Å². The van der Waals surface area contributed by atoms with E-state index in [1.165, 1.54) is 0 Å². The van der Waals surface area contributed by atoms with E-state index in [1.807, 2.05) is 31.2 Å². The van der Waals surface area contributed by atoms with E-state index in [0.717, 1.165) is 11.1 Å². The molecule has 0 saturated carbocycles. The number of rotatable bonds is 6. The van der Waals surface area contributed by atoms with Gasteiger partial charge in [-0.25, -0.2) is 4.79 Å². The van der Waals surface area contributed by atoms with Gasteiger partial charge in [0.25, 0.3) is 11.8 Å². The summed E-state index contributed by atoms with van der Waals surface area (Å²) in [6, 6.07) is 21.3. The van der Waals surface area contributed by atoms with Gasteiger partial charge < -0.3 is 14.6 Å². The zero-order valence-electron chi connectivity index (χ0n) is 17.7. The molecular weight excluding hydrogens is 406 g/mol. The average Bonchev–Trinajstić information content (AvgIpc) is 3.30. The van der Waals surface area contributed by atoms with Crippen LogP contribution in [0.1, 0.15) is 33.2 Å². The van der Waals surface area contributed by atoms with Crippen molar-refractivity contribution >= 4 is 17.6 Å². The molecule has 32 heavy (non-hydrogen) atoms. The molecule has 1 amide bonds. The molecule has 7 nitrogen and oxygen atoms in total. The summed E-state index contributed by atoms with van der Waals surface area (Å²) in [5.74, 6) is -0.0327. The molecule has 0 radical (unpaired) electrons. The highest BCUT2D eigenvalue weighted by molar-refractivity contribution is 6.08. The summed E-state index contributed by atoms with van der Waals surface area (Å²) in [6.07, 6.45) is 0. The summed E-state index contributed by atoms with van der Waals surface area (Å²) in [5, 5.41) is 6.90. The van der Waals surface area contributed by atoms with Crippen LogP contribution < -0.4 is 5.32 Å². The third-order valence-electron chi connectivity index (χ3n) is 4.76. The molecule has 1 heterocycles. The van der Waals surface area contributed by atoms with Gasteiger partial charge >= 0.3 is 5.97 Å². The summed E-state index contributed by atoms with van der Waals surface area (Å²) in [6.45, 7) is 4.04. The van der Waals surface area contributed by atoms with Crippen LogP contribution in [-0.4, -0.2) is 28.6 Å². The van der Waals surface area contributed by atoms with Gasteiger partial charge in [-0.05, 0) is 56.3 Å². The topological polar surface area (TPSA) is 94.3 Å². The number of hydrogen-bond donors (Lipinski definition) is 1. The fraction of sp³-hybridized carbons (Fsp3) is 0.120. The number of carbonyl (C=O) groups is 2. The van der Waals surface area contributed by atoms with Gasteiger partial charge in [0.05, 0.1) is 23.3 Å². The van der Waals surface area contributed by atoms with Crippen LogP contribution in [0, 0.1) is 6.92 Å². The number of anilines is 1. The first-order chi connectivity index (χ1) is 15.5. The quantitative estimate of drug-likeness (QED) is 0.428. The van der Waals surface area contributed by atoms with Gasteiger partial charge in [0.15, 0.2) is 0 Å². The monoisotopic (exact) mass is 427 g/mol. The minimum Gasteiger partial charge on any atom is -0.462 e. The van der Waals surface area contributed by atoms with E-state index in [9.17, 15) is 9.59 Å². The van der Waals surface area contributed by atoms with E-state index >= 15 is 0 Å². The molecule has 0 aliphatic rings. The van der Waals surface area contributed by atoms with Crippen LogP contribution in [-0.2, 0) is 4.74 Å². The van der Waals surface area contributed by atoms with Gasteiger partial charge in [-0.1, -0.05) is 41.1 Å². The minimum absolute atomic E-state index is 0.255. The summed E-state index contributed by atoms with van der Waals surface area (Å²) in [4.78, 5) is 29.2. The lowest BCUT2D eigenvalue weighted by molar-refractivity contribution is 0.0526. The lowest BCUT2D eigenvalue weighted by Gasteiger charge is -2.08. The predicted octanol–water partition coefficient (Wildman–Crippen LogP) is 5.14. The van der Waals surface area contributed by atoms with E-state index in [4.69, 9.17) is 9.26 Å². The highest BCUT2D eigenvalue weighted by Gasteiger charge is 2.18. The smallest absolute Gasteiger partial charge is 0.338 e. The van der Waals surface area contributed by atoms with Crippen molar-refractivity contribution in [3.63, 3.8) is 0 Å². The molecule has 0 aliphatic carbocycles. The molecule has 3 aromatic carbocycles. The van der Waals surface area contributed by atoms with Crippen LogP contribution in [0.5, 0.6) is 0 Å². The summed E-state index contributed by atoms with van der Waals surface area (Å²) >= 11 is 0. The van der Waals surface area contributed by atoms with Crippen LogP contribution in [0.25, 0.3) is 22.8 Å². The number of aryl methyl sites for hydroxylation is 1. The summed E-state index contributed by atoms with van der Waals surface area (Å²) in [5.41, 5.74) is 3.80. The normalized spacial score (nSPS) is 10.6. The van der Waals surface area contributed by atoms with Gasteiger partial charge in [-0.3, -0.25) is 4.79 Å². The van der Waals surface area contributed by atoms with Crippen molar-refractivity contribution in [2.75, 3.05) is 11.9 Å². The fourth-order valence-corrected chi connectivity index (χ4v) is 3.20. The maximum absolute atomic E-state index is 13.0. The molecule has 1 aromatic heterocycles. The average molecular weight is 427 g/mol. The largest absolute Gasteiger partial charge is 0.462 e. The molecule has 4 rings (SSSR count). The first-order valence-electron chi connectivity index (χ1n) is 10.1. The molecule has 0 fully saturated rings. The lowest BCUT2D eigenvalue weighted by Crippen LogP contribution is -2.13. The van der Waals surface area contributed by atoms with Crippen LogP contribution >= 0.6 is 0 Å². The second kappa shape index (κ2) is 9.26. The molecule has 0 aliphatic heterocycles. The van der Waals surface area contributed by atoms with E-state index in [-0.39, 0.29) is 11.8 Å². The van der Waals surface area contributed by atoms with Crippen molar-refractivity contribution < 1.29 is 18.8 Å². The van der Waals surface area contributed by atoms with Crippen LogP contribution in [0.4, 0.5) is 5.69 Å². The van der Waals surface area contributed by atoms with E-state index in [0.29, 0.717) is 34.8 Å². The lowest BCUT2D eigenvalue weighted by atomic mass is 10.1. The number of aromatic nitrogens is 2. The van der Waals surface area contributed by atoms with Crippen molar-refractivity contribution in [1.29, 1.82) is 0 Å². The predicted molar refractivity (Wildman–Crippen MR) is 120 cm³/mol. The second-order valence-electron chi connectivity index (χ2n) is 7.09. The van der Waals surface area contributed by atoms with E-state index in [1.54, 1.807) is 55.5 Å². The number of ether oxygens (including phenoxy) is 1. The Balaban J connectivity index is 1.56. The summed E-state index contributed by atoms with van der Waals surface area (Å²) < 4.78 is 10.4. The van der Waals surface area contributed by atoms with Gasteiger partial charge in [-0.15, -0.1) is 0 Å². The Morgan fingerprint density at radius 3 is 2.53 bits per heavy atom.